The van der Waals surface area contributed by atoms with Crippen LogP contribution in [0.2, 0.25) is 0 Å². The molecule has 2 N–H and O–H groups in total. The standard InChI is InChI=1S/C13H17N3O3/c1-3-14-10-6-4-5-9(12(10)16(18)19)13(17)15-11-7-8(11)2/h4-6,8,11,14H,3,7H2,1-2H3,(H,15,17). The molecule has 6 nitrogen and oxygen atoms in total. The van der Waals surface area contributed by atoms with E-state index in [-0.39, 0.29) is 23.2 Å². The van der Waals surface area contributed by atoms with E-state index < -0.39 is 4.92 Å². The minimum atomic E-state index is -0.511. The Bertz CT molecular complexity index is 516. The lowest BCUT2D eigenvalue weighted by atomic mass is 10.1. The molecule has 102 valence electrons. The third-order valence-corrected chi connectivity index (χ3v) is 3.26. The molecule has 1 aliphatic carbocycles. The zero-order valence-electron chi connectivity index (χ0n) is 11.0. The van der Waals surface area contributed by atoms with Gasteiger partial charge in [-0.3, -0.25) is 14.9 Å². The number of hydrogen-bond acceptors (Lipinski definition) is 4. The summed E-state index contributed by atoms with van der Waals surface area (Å²) in [6.45, 7) is 4.45. The Labute approximate surface area is 111 Å². The summed E-state index contributed by atoms with van der Waals surface area (Å²) in [5.41, 5.74) is 0.335. The Morgan fingerprint density at radius 1 is 1.53 bits per heavy atom. The first-order chi connectivity index (χ1) is 9.04. The number of nitro groups is 1. The molecule has 0 aromatic heterocycles. The third-order valence-electron chi connectivity index (χ3n) is 3.26. The second-order valence-electron chi connectivity index (χ2n) is 4.78. The number of amides is 1. The number of nitro benzene ring substituents is 1. The Morgan fingerprint density at radius 3 is 2.74 bits per heavy atom. The van der Waals surface area contributed by atoms with Gasteiger partial charge in [-0.25, -0.2) is 0 Å². The maximum Gasteiger partial charge on any atom is 0.305 e. The van der Waals surface area contributed by atoms with Crippen molar-refractivity contribution in [3.63, 3.8) is 0 Å². The summed E-state index contributed by atoms with van der Waals surface area (Å²) in [7, 11) is 0. The number of nitrogens with one attached hydrogen (secondary N) is 2. The fourth-order valence-corrected chi connectivity index (χ4v) is 2.03. The molecule has 0 aliphatic heterocycles. The van der Waals surface area contributed by atoms with Crippen LogP contribution in [0.5, 0.6) is 0 Å². The van der Waals surface area contributed by atoms with Crippen molar-refractivity contribution in [3.8, 4) is 0 Å². The van der Waals surface area contributed by atoms with E-state index in [4.69, 9.17) is 0 Å². The second-order valence-corrected chi connectivity index (χ2v) is 4.78. The summed E-state index contributed by atoms with van der Waals surface area (Å²) in [5.74, 6) is 0.0840. The molecule has 2 rings (SSSR count). The average Bonchev–Trinajstić information content (AvgIpc) is 3.04. The highest BCUT2D eigenvalue weighted by molar-refractivity contribution is 6.00. The first-order valence-corrected chi connectivity index (χ1v) is 6.36. The number of rotatable bonds is 5. The van der Waals surface area contributed by atoms with E-state index in [0.29, 0.717) is 18.2 Å². The molecule has 2 unspecified atom stereocenters. The molecule has 6 heteroatoms. The number of benzene rings is 1. The van der Waals surface area contributed by atoms with Crippen LogP contribution in [-0.4, -0.2) is 23.4 Å². The van der Waals surface area contributed by atoms with Crippen molar-refractivity contribution in [2.24, 2.45) is 5.92 Å². The molecule has 1 fully saturated rings. The summed E-state index contributed by atoms with van der Waals surface area (Å²) in [6, 6.07) is 4.89. The van der Waals surface area contributed by atoms with Crippen molar-refractivity contribution >= 4 is 17.3 Å². The van der Waals surface area contributed by atoms with E-state index in [1.807, 2.05) is 13.8 Å². The van der Waals surface area contributed by atoms with Gasteiger partial charge in [-0.2, -0.15) is 0 Å². The zero-order chi connectivity index (χ0) is 14.0. The topological polar surface area (TPSA) is 84.3 Å². The van der Waals surface area contributed by atoms with Crippen LogP contribution >= 0.6 is 0 Å². The number of carbonyl (C=O) groups is 1. The van der Waals surface area contributed by atoms with Crippen molar-refractivity contribution in [1.29, 1.82) is 0 Å². The van der Waals surface area contributed by atoms with Gasteiger partial charge >= 0.3 is 5.69 Å². The summed E-state index contributed by atoms with van der Waals surface area (Å²) >= 11 is 0. The van der Waals surface area contributed by atoms with Gasteiger partial charge in [0.25, 0.3) is 5.91 Å². The average molecular weight is 263 g/mol. The van der Waals surface area contributed by atoms with Crippen LogP contribution in [0.4, 0.5) is 11.4 Å². The van der Waals surface area contributed by atoms with Crippen molar-refractivity contribution in [2.45, 2.75) is 26.3 Å². The number of nitrogens with zero attached hydrogens (tertiary/aromatic N) is 1. The smallest absolute Gasteiger partial charge is 0.305 e. The lowest BCUT2D eigenvalue weighted by Crippen LogP contribution is -2.27. The lowest BCUT2D eigenvalue weighted by molar-refractivity contribution is -0.384. The largest absolute Gasteiger partial charge is 0.380 e. The van der Waals surface area contributed by atoms with Crippen LogP contribution in [-0.2, 0) is 0 Å². The van der Waals surface area contributed by atoms with Gasteiger partial charge in [0.1, 0.15) is 11.3 Å². The molecule has 1 amide bonds. The predicted octanol–water partition coefficient (Wildman–Crippen LogP) is 2.16. The maximum absolute atomic E-state index is 12.1. The Morgan fingerprint density at radius 2 is 2.21 bits per heavy atom. The van der Waals surface area contributed by atoms with E-state index in [1.54, 1.807) is 12.1 Å². The van der Waals surface area contributed by atoms with E-state index in [1.165, 1.54) is 6.07 Å². The molecule has 2 atom stereocenters. The van der Waals surface area contributed by atoms with Crippen LogP contribution in [0.1, 0.15) is 30.6 Å². The van der Waals surface area contributed by atoms with Gasteiger partial charge in [-0.1, -0.05) is 13.0 Å². The molecular weight excluding hydrogens is 246 g/mol. The highest BCUT2D eigenvalue weighted by Crippen LogP contribution is 2.32. The summed E-state index contributed by atoms with van der Waals surface area (Å²) in [6.07, 6.45) is 0.937. The molecule has 1 saturated carbocycles. The molecular formula is C13H17N3O3. The van der Waals surface area contributed by atoms with Gasteiger partial charge < -0.3 is 10.6 Å². The Hall–Kier alpha value is -2.11. The summed E-state index contributed by atoms with van der Waals surface area (Å²) < 4.78 is 0. The van der Waals surface area contributed by atoms with Crippen LogP contribution in [0.25, 0.3) is 0 Å². The zero-order valence-corrected chi connectivity index (χ0v) is 11.0. The van der Waals surface area contributed by atoms with Crippen molar-refractivity contribution < 1.29 is 9.72 Å². The van der Waals surface area contributed by atoms with E-state index in [2.05, 4.69) is 10.6 Å². The predicted molar refractivity (Wildman–Crippen MR) is 72.3 cm³/mol. The molecule has 1 aromatic rings. The number of para-hydroxylation sites is 1. The maximum atomic E-state index is 12.1. The number of hydrogen-bond donors (Lipinski definition) is 2. The van der Waals surface area contributed by atoms with Crippen LogP contribution < -0.4 is 10.6 Å². The molecule has 0 spiro atoms. The summed E-state index contributed by atoms with van der Waals surface area (Å²) in [4.78, 5) is 22.7. The molecule has 1 aliphatic rings. The molecule has 1 aromatic carbocycles. The molecule has 0 saturated heterocycles. The van der Waals surface area contributed by atoms with Crippen molar-refractivity contribution in [2.75, 3.05) is 11.9 Å². The van der Waals surface area contributed by atoms with Gasteiger partial charge in [-0.05, 0) is 31.4 Å². The third kappa shape index (κ3) is 2.83. The minimum Gasteiger partial charge on any atom is -0.380 e. The van der Waals surface area contributed by atoms with E-state index in [9.17, 15) is 14.9 Å². The van der Waals surface area contributed by atoms with Crippen LogP contribution in [0.3, 0.4) is 0 Å². The minimum absolute atomic E-state index is 0.113. The first kappa shape index (κ1) is 13.3. The summed E-state index contributed by atoms with van der Waals surface area (Å²) in [5, 5.41) is 16.9. The molecule has 0 heterocycles. The monoisotopic (exact) mass is 263 g/mol. The SMILES string of the molecule is CCNc1cccc(C(=O)NC2CC2C)c1[N+](=O)[O-]. The fourth-order valence-electron chi connectivity index (χ4n) is 2.03. The highest BCUT2D eigenvalue weighted by atomic mass is 16.6. The number of anilines is 1. The second kappa shape index (κ2) is 5.26. The molecule has 0 bridgehead atoms. The van der Waals surface area contributed by atoms with E-state index >= 15 is 0 Å². The lowest BCUT2D eigenvalue weighted by Gasteiger charge is -2.09. The molecule has 19 heavy (non-hydrogen) atoms. The molecule has 0 radical (unpaired) electrons. The Kier molecular flexibility index (Phi) is 3.69. The first-order valence-electron chi connectivity index (χ1n) is 6.36. The van der Waals surface area contributed by atoms with Gasteiger partial charge in [-0.15, -0.1) is 0 Å². The van der Waals surface area contributed by atoms with Crippen LogP contribution in [0.15, 0.2) is 18.2 Å². The van der Waals surface area contributed by atoms with Gasteiger partial charge in [0.2, 0.25) is 0 Å². The van der Waals surface area contributed by atoms with Crippen molar-refractivity contribution in [3.05, 3.63) is 33.9 Å². The van der Waals surface area contributed by atoms with Gasteiger partial charge in [0.15, 0.2) is 0 Å². The Balaban J connectivity index is 2.30. The van der Waals surface area contributed by atoms with Crippen molar-refractivity contribution in [1.82, 2.24) is 5.32 Å². The highest BCUT2D eigenvalue weighted by Gasteiger charge is 2.35. The van der Waals surface area contributed by atoms with Crippen LogP contribution in [0, 0.1) is 16.0 Å². The normalized spacial score (nSPS) is 20.7. The number of carbonyl (C=O) groups excluding carboxylic acids is 1. The van der Waals surface area contributed by atoms with E-state index in [0.717, 1.165) is 6.42 Å². The fraction of sp³-hybridized carbons (Fsp3) is 0.462. The van der Waals surface area contributed by atoms with Gasteiger partial charge in [0, 0.05) is 12.6 Å². The van der Waals surface area contributed by atoms with Gasteiger partial charge in [0.05, 0.1) is 4.92 Å². The quantitative estimate of drug-likeness (QED) is 0.629.